The SMILES string of the molecule is NCCNC(=O)c1cncc(-c2cnc(Nc3ccc4ccccc4n3)s2)c1. The molecule has 0 aliphatic carbocycles. The van der Waals surface area contributed by atoms with E-state index in [0.717, 1.165) is 32.3 Å². The lowest BCUT2D eigenvalue weighted by molar-refractivity contribution is 0.0954. The lowest BCUT2D eigenvalue weighted by atomic mass is 10.2. The normalized spacial score (nSPS) is 10.8. The van der Waals surface area contributed by atoms with Gasteiger partial charge < -0.3 is 16.4 Å². The molecular weight excluding hydrogens is 372 g/mol. The highest BCUT2D eigenvalue weighted by Crippen LogP contribution is 2.30. The topological polar surface area (TPSA) is 106 Å². The predicted molar refractivity (Wildman–Crippen MR) is 112 cm³/mol. The number of nitrogens with zero attached hydrogens (tertiary/aromatic N) is 3. The van der Waals surface area contributed by atoms with Crippen molar-refractivity contribution in [3.8, 4) is 10.4 Å². The highest BCUT2D eigenvalue weighted by atomic mass is 32.1. The number of benzene rings is 1. The molecule has 140 valence electrons. The summed E-state index contributed by atoms with van der Waals surface area (Å²) in [6, 6.07) is 13.7. The fraction of sp³-hybridized carbons (Fsp3) is 0.100. The first kappa shape index (κ1) is 18.0. The second kappa shape index (κ2) is 8.12. The van der Waals surface area contributed by atoms with Gasteiger partial charge in [-0.25, -0.2) is 9.97 Å². The Labute approximate surface area is 165 Å². The van der Waals surface area contributed by atoms with Crippen molar-refractivity contribution >= 4 is 39.1 Å². The van der Waals surface area contributed by atoms with E-state index < -0.39 is 0 Å². The van der Waals surface area contributed by atoms with Crippen LogP contribution in [0.1, 0.15) is 10.4 Å². The smallest absolute Gasteiger partial charge is 0.252 e. The highest BCUT2D eigenvalue weighted by Gasteiger charge is 2.10. The van der Waals surface area contributed by atoms with Gasteiger partial charge in [-0.05, 0) is 24.3 Å². The molecule has 0 bridgehead atoms. The first-order valence-electron chi connectivity index (χ1n) is 8.75. The minimum Gasteiger partial charge on any atom is -0.351 e. The summed E-state index contributed by atoms with van der Waals surface area (Å²) in [5.41, 5.74) is 7.67. The molecule has 0 radical (unpaired) electrons. The molecule has 1 amide bonds. The van der Waals surface area contributed by atoms with E-state index in [-0.39, 0.29) is 5.91 Å². The number of nitrogens with two attached hydrogens (primary N) is 1. The number of pyridine rings is 2. The zero-order valence-electron chi connectivity index (χ0n) is 14.9. The molecule has 0 saturated carbocycles. The van der Waals surface area contributed by atoms with Gasteiger partial charge in [-0.3, -0.25) is 9.78 Å². The number of amides is 1. The Morgan fingerprint density at radius 1 is 1.11 bits per heavy atom. The van der Waals surface area contributed by atoms with E-state index in [2.05, 4.69) is 25.6 Å². The zero-order valence-corrected chi connectivity index (χ0v) is 15.7. The fourth-order valence-corrected chi connectivity index (χ4v) is 3.50. The Bertz CT molecular complexity index is 1130. The molecule has 0 atom stereocenters. The average Bonchev–Trinajstić information content (AvgIpc) is 3.20. The maximum absolute atomic E-state index is 12.1. The van der Waals surface area contributed by atoms with E-state index in [0.29, 0.717) is 18.7 Å². The van der Waals surface area contributed by atoms with Crippen molar-refractivity contribution in [3.05, 3.63) is 66.6 Å². The molecular formula is C20H18N6OS. The third-order valence-electron chi connectivity index (χ3n) is 4.05. The van der Waals surface area contributed by atoms with Crippen LogP contribution in [0, 0.1) is 0 Å². The van der Waals surface area contributed by atoms with Crippen LogP contribution in [0.3, 0.4) is 0 Å². The van der Waals surface area contributed by atoms with Gasteiger partial charge in [0.2, 0.25) is 0 Å². The number of carbonyl (C=O) groups excluding carboxylic acids is 1. The number of hydrogen-bond acceptors (Lipinski definition) is 7. The van der Waals surface area contributed by atoms with Crippen LogP contribution in [-0.4, -0.2) is 33.9 Å². The summed E-state index contributed by atoms with van der Waals surface area (Å²) in [5.74, 6) is 0.538. The summed E-state index contributed by atoms with van der Waals surface area (Å²) in [4.78, 5) is 26.2. The Morgan fingerprint density at radius 3 is 2.89 bits per heavy atom. The zero-order chi connectivity index (χ0) is 19.3. The van der Waals surface area contributed by atoms with Crippen molar-refractivity contribution in [1.82, 2.24) is 20.3 Å². The van der Waals surface area contributed by atoms with Crippen LogP contribution in [-0.2, 0) is 0 Å². The second-order valence-electron chi connectivity index (χ2n) is 6.05. The van der Waals surface area contributed by atoms with Gasteiger partial charge in [0.05, 0.1) is 16.0 Å². The van der Waals surface area contributed by atoms with Gasteiger partial charge in [0.25, 0.3) is 5.91 Å². The second-order valence-corrected chi connectivity index (χ2v) is 7.08. The van der Waals surface area contributed by atoms with Crippen molar-refractivity contribution < 1.29 is 4.79 Å². The molecule has 0 fully saturated rings. The Morgan fingerprint density at radius 2 is 2.00 bits per heavy atom. The van der Waals surface area contributed by atoms with Gasteiger partial charge in [-0.1, -0.05) is 29.5 Å². The first-order chi connectivity index (χ1) is 13.7. The summed E-state index contributed by atoms with van der Waals surface area (Å²) in [7, 11) is 0. The van der Waals surface area contributed by atoms with Gasteiger partial charge >= 0.3 is 0 Å². The van der Waals surface area contributed by atoms with Crippen molar-refractivity contribution in [1.29, 1.82) is 0 Å². The van der Waals surface area contributed by atoms with Crippen LogP contribution in [0.2, 0.25) is 0 Å². The lowest BCUT2D eigenvalue weighted by Gasteiger charge is -2.04. The van der Waals surface area contributed by atoms with Gasteiger partial charge in [0, 0.05) is 42.6 Å². The lowest BCUT2D eigenvalue weighted by Crippen LogP contribution is -2.29. The number of fused-ring (bicyclic) bond motifs is 1. The van der Waals surface area contributed by atoms with E-state index >= 15 is 0 Å². The van der Waals surface area contributed by atoms with Crippen molar-refractivity contribution in [2.75, 3.05) is 18.4 Å². The number of nitrogens with one attached hydrogen (secondary N) is 2. The monoisotopic (exact) mass is 390 g/mol. The van der Waals surface area contributed by atoms with E-state index in [1.54, 1.807) is 18.5 Å². The summed E-state index contributed by atoms with van der Waals surface area (Å²) in [5, 5.41) is 7.78. The molecule has 8 heteroatoms. The maximum atomic E-state index is 12.1. The van der Waals surface area contributed by atoms with Gasteiger partial charge in [0.15, 0.2) is 5.13 Å². The quantitative estimate of drug-likeness (QED) is 0.467. The minimum atomic E-state index is -0.192. The molecule has 0 aliphatic rings. The number of thiazole rings is 1. The van der Waals surface area contributed by atoms with E-state index in [9.17, 15) is 4.79 Å². The molecule has 1 aromatic carbocycles. The van der Waals surface area contributed by atoms with Crippen molar-refractivity contribution in [2.24, 2.45) is 5.73 Å². The van der Waals surface area contributed by atoms with Crippen LogP contribution in [0.5, 0.6) is 0 Å². The predicted octanol–water partition coefficient (Wildman–Crippen LogP) is 3.19. The number of carbonyl (C=O) groups is 1. The van der Waals surface area contributed by atoms with Crippen LogP contribution in [0.25, 0.3) is 21.3 Å². The van der Waals surface area contributed by atoms with Crippen LogP contribution in [0.15, 0.2) is 61.1 Å². The van der Waals surface area contributed by atoms with Crippen molar-refractivity contribution in [3.63, 3.8) is 0 Å². The van der Waals surface area contributed by atoms with Gasteiger partial charge in [0.1, 0.15) is 5.82 Å². The largest absolute Gasteiger partial charge is 0.351 e. The van der Waals surface area contributed by atoms with Crippen molar-refractivity contribution in [2.45, 2.75) is 0 Å². The summed E-state index contributed by atoms with van der Waals surface area (Å²) in [6.45, 7) is 0.821. The molecule has 3 aromatic heterocycles. The van der Waals surface area contributed by atoms with Gasteiger partial charge in [-0.2, -0.15) is 0 Å². The number of rotatable bonds is 6. The molecule has 0 unspecified atom stereocenters. The van der Waals surface area contributed by atoms with Crippen LogP contribution >= 0.6 is 11.3 Å². The number of hydrogen-bond donors (Lipinski definition) is 3. The maximum Gasteiger partial charge on any atom is 0.252 e. The molecule has 0 spiro atoms. The first-order valence-corrected chi connectivity index (χ1v) is 9.57. The Hall–Kier alpha value is -3.36. The molecule has 28 heavy (non-hydrogen) atoms. The highest BCUT2D eigenvalue weighted by molar-refractivity contribution is 7.18. The van der Waals surface area contributed by atoms with E-state index in [1.807, 2.05) is 36.4 Å². The Kier molecular flexibility index (Phi) is 5.22. The molecule has 4 N–H and O–H groups in total. The van der Waals surface area contributed by atoms with Crippen LogP contribution < -0.4 is 16.4 Å². The fourth-order valence-electron chi connectivity index (χ4n) is 2.70. The van der Waals surface area contributed by atoms with E-state index in [4.69, 9.17) is 5.73 Å². The van der Waals surface area contributed by atoms with Crippen LogP contribution in [0.4, 0.5) is 10.9 Å². The molecule has 4 rings (SSSR count). The number of para-hydroxylation sites is 1. The number of aromatic nitrogens is 3. The third kappa shape index (κ3) is 3.98. The standard InChI is InChI=1S/C20H18N6OS/c21-7-8-23-19(27)15-9-14(10-22-11-15)17-12-24-20(28-17)26-18-6-5-13-3-1-2-4-16(13)25-18/h1-6,9-12H,7-8,21H2,(H,23,27)(H,24,25,26). The summed E-state index contributed by atoms with van der Waals surface area (Å²) >= 11 is 1.47. The Balaban J connectivity index is 1.53. The summed E-state index contributed by atoms with van der Waals surface area (Å²) in [6.07, 6.45) is 5.01. The van der Waals surface area contributed by atoms with E-state index in [1.165, 1.54) is 17.5 Å². The van der Waals surface area contributed by atoms with Gasteiger partial charge in [-0.15, -0.1) is 0 Å². The molecule has 0 aliphatic heterocycles. The molecule has 7 nitrogen and oxygen atoms in total. The average molecular weight is 390 g/mol. The molecule has 3 heterocycles. The molecule has 0 saturated heterocycles. The number of anilines is 2. The third-order valence-corrected chi connectivity index (χ3v) is 5.02. The minimum absolute atomic E-state index is 0.192. The summed E-state index contributed by atoms with van der Waals surface area (Å²) < 4.78 is 0. The molecule has 4 aromatic rings.